The zero-order chi connectivity index (χ0) is 17.7. The number of hydrogen-bond acceptors (Lipinski definition) is 3. The summed E-state index contributed by atoms with van der Waals surface area (Å²) in [5.74, 6) is 0.856. The third kappa shape index (κ3) is 4.84. The molecular weight excluding hydrogens is 318 g/mol. The molecule has 0 aliphatic rings. The predicted octanol–water partition coefficient (Wildman–Crippen LogP) is 2.75. The first-order chi connectivity index (χ1) is 11.4. The molecule has 0 aliphatic heterocycles. The van der Waals surface area contributed by atoms with E-state index in [4.69, 9.17) is 0 Å². The van der Waals surface area contributed by atoms with Crippen LogP contribution in [0.3, 0.4) is 0 Å². The van der Waals surface area contributed by atoms with Crippen molar-refractivity contribution >= 4 is 17.3 Å². The third-order valence-electron chi connectivity index (χ3n) is 4.24. The van der Waals surface area contributed by atoms with E-state index >= 15 is 0 Å². The van der Waals surface area contributed by atoms with Crippen molar-refractivity contribution in [2.45, 2.75) is 46.6 Å². The van der Waals surface area contributed by atoms with E-state index < -0.39 is 0 Å². The van der Waals surface area contributed by atoms with Crippen LogP contribution in [0.15, 0.2) is 17.1 Å². The van der Waals surface area contributed by atoms with Crippen molar-refractivity contribution in [3.63, 3.8) is 0 Å². The van der Waals surface area contributed by atoms with E-state index in [1.54, 1.807) is 0 Å². The summed E-state index contributed by atoms with van der Waals surface area (Å²) >= 11 is 1.86. The van der Waals surface area contributed by atoms with Crippen LogP contribution >= 0.6 is 11.3 Å². The van der Waals surface area contributed by atoms with Crippen molar-refractivity contribution in [1.82, 2.24) is 20.4 Å². The number of aliphatic imine (C=N–C) groups is 1. The second kappa shape index (κ2) is 8.33. The quantitative estimate of drug-likeness (QED) is 0.624. The molecule has 0 amide bonds. The fourth-order valence-corrected chi connectivity index (χ4v) is 3.88. The first-order valence-electron chi connectivity index (χ1n) is 8.42. The monoisotopic (exact) mass is 347 g/mol. The molecule has 5 nitrogen and oxygen atoms in total. The van der Waals surface area contributed by atoms with E-state index in [0.29, 0.717) is 6.04 Å². The Balaban J connectivity index is 1.81. The van der Waals surface area contributed by atoms with Gasteiger partial charge in [-0.1, -0.05) is 0 Å². The smallest absolute Gasteiger partial charge is 0.191 e. The van der Waals surface area contributed by atoms with Crippen molar-refractivity contribution in [3.05, 3.63) is 38.8 Å². The Labute approximate surface area is 149 Å². The molecule has 0 radical (unpaired) electrons. The van der Waals surface area contributed by atoms with Gasteiger partial charge in [0, 0.05) is 48.6 Å². The van der Waals surface area contributed by atoms with Gasteiger partial charge in [-0.2, -0.15) is 5.10 Å². The van der Waals surface area contributed by atoms with Crippen LogP contribution in [-0.2, 0) is 19.9 Å². The maximum Gasteiger partial charge on any atom is 0.191 e. The van der Waals surface area contributed by atoms with Crippen LogP contribution in [0.4, 0.5) is 0 Å². The van der Waals surface area contributed by atoms with Gasteiger partial charge in [0.2, 0.25) is 0 Å². The zero-order valence-electron chi connectivity index (χ0n) is 15.6. The Kier molecular flexibility index (Phi) is 6.43. The van der Waals surface area contributed by atoms with Gasteiger partial charge in [-0.25, -0.2) is 0 Å². The Bertz CT molecular complexity index is 698. The van der Waals surface area contributed by atoms with E-state index in [1.165, 1.54) is 21.0 Å². The normalized spacial score (nSPS) is 13.2. The molecule has 24 heavy (non-hydrogen) atoms. The summed E-state index contributed by atoms with van der Waals surface area (Å²) in [6.45, 7) is 9.37. The summed E-state index contributed by atoms with van der Waals surface area (Å²) in [4.78, 5) is 7.10. The van der Waals surface area contributed by atoms with Crippen LogP contribution in [0.25, 0.3) is 0 Å². The second-order valence-corrected chi connectivity index (χ2v) is 7.66. The van der Waals surface area contributed by atoms with E-state index in [9.17, 15) is 0 Å². The van der Waals surface area contributed by atoms with E-state index in [1.807, 2.05) is 30.1 Å². The molecule has 0 saturated heterocycles. The molecule has 2 aromatic rings. The molecule has 0 spiro atoms. The number of aromatic nitrogens is 2. The van der Waals surface area contributed by atoms with Crippen LogP contribution in [0.5, 0.6) is 0 Å². The zero-order valence-corrected chi connectivity index (χ0v) is 16.4. The average molecular weight is 348 g/mol. The van der Waals surface area contributed by atoms with Crippen molar-refractivity contribution in [3.8, 4) is 0 Å². The highest BCUT2D eigenvalue weighted by Gasteiger charge is 2.10. The van der Waals surface area contributed by atoms with Gasteiger partial charge in [0.05, 0.1) is 5.69 Å². The minimum Gasteiger partial charge on any atom is -0.356 e. The molecule has 6 heteroatoms. The standard InChI is InChI=1S/C18H29N5S/c1-12(11-16-8-7-13(2)24-16)21-18(19-5)20-10-9-17-14(3)22-23(6)15(17)4/h7-8,12H,9-11H2,1-6H3,(H2,19,20,21). The maximum absolute atomic E-state index is 4.47. The highest BCUT2D eigenvalue weighted by molar-refractivity contribution is 7.11. The molecule has 132 valence electrons. The van der Waals surface area contributed by atoms with E-state index in [-0.39, 0.29) is 0 Å². The fraction of sp³-hybridized carbons (Fsp3) is 0.556. The highest BCUT2D eigenvalue weighted by atomic mass is 32.1. The fourth-order valence-electron chi connectivity index (χ4n) is 2.86. The van der Waals surface area contributed by atoms with Crippen molar-refractivity contribution in [2.24, 2.45) is 12.0 Å². The Morgan fingerprint density at radius 3 is 2.62 bits per heavy atom. The topological polar surface area (TPSA) is 54.2 Å². The van der Waals surface area contributed by atoms with Crippen LogP contribution in [0, 0.1) is 20.8 Å². The molecular formula is C18H29N5S. The minimum absolute atomic E-state index is 0.344. The first kappa shape index (κ1) is 18.5. The van der Waals surface area contributed by atoms with E-state index in [2.05, 4.69) is 60.6 Å². The summed E-state index contributed by atoms with van der Waals surface area (Å²) in [7, 11) is 3.81. The molecule has 1 atom stereocenters. The van der Waals surface area contributed by atoms with Gasteiger partial charge in [-0.3, -0.25) is 9.67 Å². The largest absolute Gasteiger partial charge is 0.356 e. The molecule has 0 fully saturated rings. The number of rotatable bonds is 6. The molecule has 2 heterocycles. The molecule has 2 aromatic heterocycles. The third-order valence-corrected chi connectivity index (χ3v) is 5.26. The van der Waals surface area contributed by atoms with Crippen molar-refractivity contribution in [2.75, 3.05) is 13.6 Å². The Hall–Kier alpha value is -1.82. The number of thiophene rings is 1. The van der Waals surface area contributed by atoms with Gasteiger partial charge in [-0.05, 0) is 51.8 Å². The number of aryl methyl sites for hydroxylation is 3. The summed E-state index contributed by atoms with van der Waals surface area (Å²) < 4.78 is 1.95. The summed E-state index contributed by atoms with van der Waals surface area (Å²) in [6, 6.07) is 4.73. The van der Waals surface area contributed by atoms with Crippen molar-refractivity contribution < 1.29 is 0 Å². The number of guanidine groups is 1. The SMILES string of the molecule is CN=C(NCCc1c(C)nn(C)c1C)NC(C)Cc1ccc(C)s1. The average Bonchev–Trinajstić information content (AvgIpc) is 3.03. The molecule has 2 rings (SSSR count). The number of nitrogens with zero attached hydrogens (tertiary/aromatic N) is 3. The van der Waals surface area contributed by atoms with Gasteiger partial charge in [0.1, 0.15) is 0 Å². The van der Waals surface area contributed by atoms with Gasteiger partial charge in [0.25, 0.3) is 0 Å². The highest BCUT2D eigenvalue weighted by Crippen LogP contribution is 2.16. The van der Waals surface area contributed by atoms with Crippen LogP contribution in [0.1, 0.15) is 33.6 Å². The van der Waals surface area contributed by atoms with Crippen LogP contribution in [-0.4, -0.2) is 35.4 Å². The molecule has 0 bridgehead atoms. The number of nitrogens with one attached hydrogen (secondary N) is 2. The first-order valence-corrected chi connectivity index (χ1v) is 9.24. The lowest BCUT2D eigenvalue weighted by molar-refractivity contribution is 0.644. The lowest BCUT2D eigenvalue weighted by Crippen LogP contribution is -2.43. The lowest BCUT2D eigenvalue weighted by atomic mass is 10.1. The Morgan fingerprint density at radius 1 is 1.33 bits per heavy atom. The summed E-state index contributed by atoms with van der Waals surface area (Å²) in [5.41, 5.74) is 3.67. The molecule has 2 N–H and O–H groups in total. The van der Waals surface area contributed by atoms with Gasteiger partial charge >= 0.3 is 0 Å². The molecule has 0 saturated carbocycles. The van der Waals surface area contributed by atoms with Crippen LogP contribution in [0.2, 0.25) is 0 Å². The van der Waals surface area contributed by atoms with Crippen molar-refractivity contribution in [1.29, 1.82) is 0 Å². The van der Waals surface area contributed by atoms with Gasteiger partial charge in [-0.15, -0.1) is 11.3 Å². The lowest BCUT2D eigenvalue weighted by Gasteiger charge is -2.17. The van der Waals surface area contributed by atoms with Crippen LogP contribution < -0.4 is 10.6 Å². The predicted molar refractivity (Wildman–Crippen MR) is 103 cm³/mol. The Morgan fingerprint density at radius 2 is 2.08 bits per heavy atom. The molecule has 1 unspecified atom stereocenters. The van der Waals surface area contributed by atoms with Gasteiger partial charge in [0.15, 0.2) is 5.96 Å². The number of hydrogen-bond donors (Lipinski definition) is 2. The van der Waals surface area contributed by atoms with Gasteiger partial charge < -0.3 is 10.6 Å². The van der Waals surface area contributed by atoms with E-state index in [0.717, 1.165) is 31.0 Å². The second-order valence-electron chi connectivity index (χ2n) is 6.28. The maximum atomic E-state index is 4.47. The molecule has 0 aliphatic carbocycles. The molecule has 0 aromatic carbocycles. The minimum atomic E-state index is 0.344. The summed E-state index contributed by atoms with van der Waals surface area (Å²) in [5, 5.41) is 11.3. The summed E-state index contributed by atoms with van der Waals surface area (Å²) in [6.07, 6.45) is 1.96.